The van der Waals surface area contributed by atoms with E-state index in [1.54, 1.807) is 12.1 Å². The number of rotatable bonds is 4. The molecule has 0 spiro atoms. The molecule has 1 N–H and O–H groups in total. The molecule has 98 valence electrons. The molecule has 0 heterocycles. The summed E-state index contributed by atoms with van der Waals surface area (Å²) in [5, 5.41) is 9.41. The van der Waals surface area contributed by atoms with E-state index in [9.17, 15) is 5.11 Å². The molecule has 19 heavy (non-hydrogen) atoms. The van der Waals surface area contributed by atoms with Crippen LogP contribution in [-0.2, 0) is 0 Å². The molecular formula is C18H20O. The zero-order chi connectivity index (χ0) is 13.7. The molecule has 0 unspecified atom stereocenters. The predicted octanol–water partition coefficient (Wildman–Crippen LogP) is 5.12. The van der Waals surface area contributed by atoms with Crippen molar-refractivity contribution in [1.29, 1.82) is 0 Å². The maximum Gasteiger partial charge on any atom is 0.115 e. The Balaban J connectivity index is 2.53. The van der Waals surface area contributed by atoms with Crippen molar-refractivity contribution in [3.05, 3.63) is 65.7 Å². The zero-order valence-electron chi connectivity index (χ0n) is 11.6. The van der Waals surface area contributed by atoms with Gasteiger partial charge in [0.1, 0.15) is 5.75 Å². The second kappa shape index (κ2) is 6.24. The lowest BCUT2D eigenvalue weighted by Crippen LogP contribution is -1.91. The first kappa shape index (κ1) is 13.4. The standard InChI is InChI=1S/C18H20O/c1-3-17(14-8-6-5-7-9-14)18(4-2)15-10-12-16(19)13-11-15/h5-13,19H,3-4H2,1-2H3/b18-17+. The van der Waals surface area contributed by atoms with Crippen LogP contribution < -0.4 is 0 Å². The third-order valence-electron chi connectivity index (χ3n) is 3.41. The quantitative estimate of drug-likeness (QED) is 0.748. The molecule has 0 amide bonds. The summed E-state index contributed by atoms with van der Waals surface area (Å²) in [7, 11) is 0. The van der Waals surface area contributed by atoms with Gasteiger partial charge in [-0.05, 0) is 47.2 Å². The highest BCUT2D eigenvalue weighted by molar-refractivity contribution is 5.90. The number of allylic oxidation sites excluding steroid dienone is 2. The summed E-state index contributed by atoms with van der Waals surface area (Å²) in [5.41, 5.74) is 5.22. The highest BCUT2D eigenvalue weighted by Gasteiger charge is 2.08. The Morgan fingerprint density at radius 1 is 0.737 bits per heavy atom. The minimum atomic E-state index is 0.317. The summed E-state index contributed by atoms with van der Waals surface area (Å²) in [6.45, 7) is 4.37. The van der Waals surface area contributed by atoms with Gasteiger partial charge in [-0.15, -0.1) is 0 Å². The van der Waals surface area contributed by atoms with Gasteiger partial charge in [0.25, 0.3) is 0 Å². The van der Waals surface area contributed by atoms with E-state index in [1.165, 1.54) is 22.3 Å². The van der Waals surface area contributed by atoms with E-state index >= 15 is 0 Å². The number of aromatic hydroxyl groups is 1. The van der Waals surface area contributed by atoms with Gasteiger partial charge in [-0.25, -0.2) is 0 Å². The highest BCUT2D eigenvalue weighted by atomic mass is 16.3. The minimum Gasteiger partial charge on any atom is -0.508 e. The van der Waals surface area contributed by atoms with Crippen molar-refractivity contribution in [3.63, 3.8) is 0 Å². The molecule has 0 atom stereocenters. The maximum absolute atomic E-state index is 9.41. The largest absolute Gasteiger partial charge is 0.508 e. The number of benzene rings is 2. The number of phenolic OH excluding ortho intramolecular Hbond substituents is 1. The second-order valence-electron chi connectivity index (χ2n) is 4.58. The van der Waals surface area contributed by atoms with E-state index in [-0.39, 0.29) is 0 Å². The summed E-state index contributed by atoms with van der Waals surface area (Å²) < 4.78 is 0. The second-order valence-corrected chi connectivity index (χ2v) is 4.58. The van der Waals surface area contributed by atoms with Crippen LogP contribution in [-0.4, -0.2) is 5.11 Å². The lowest BCUT2D eigenvalue weighted by atomic mass is 9.91. The Bertz CT molecular complexity index is 550. The smallest absolute Gasteiger partial charge is 0.115 e. The molecule has 2 aromatic rings. The van der Waals surface area contributed by atoms with Gasteiger partial charge in [-0.2, -0.15) is 0 Å². The van der Waals surface area contributed by atoms with Crippen molar-refractivity contribution in [2.24, 2.45) is 0 Å². The molecule has 0 radical (unpaired) electrons. The summed E-state index contributed by atoms with van der Waals surface area (Å²) in [6, 6.07) is 18.0. The third-order valence-corrected chi connectivity index (χ3v) is 3.41. The highest BCUT2D eigenvalue weighted by Crippen LogP contribution is 2.31. The fraction of sp³-hybridized carbons (Fsp3) is 0.222. The van der Waals surface area contributed by atoms with Crippen molar-refractivity contribution in [2.45, 2.75) is 26.7 Å². The van der Waals surface area contributed by atoms with E-state index in [0.29, 0.717) is 5.75 Å². The van der Waals surface area contributed by atoms with Crippen LogP contribution in [0.1, 0.15) is 37.8 Å². The van der Waals surface area contributed by atoms with Crippen LogP contribution in [0.15, 0.2) is 54.6 Å². The van der Waals surface area contributed by atoms with Crippen molar-refractivity contribution >= 4 is 11.1 Å². The predicted molar refractivity (Wildman–Crippen MR) is 81.9 cm³/mol. The van der Waals surface area contributed by atoms with Gasteiger partial charge in [0.05, 0.1) is 0 Å². The number of hydrogen-bond acceptors (Lipinski definition) is 1. The van der Waals surface area contributed by atoms with Gasteiger partial charge in [0.2, 0.25) is 0 Å². The fourth-order valence-electron chi connectivity index (χ4n) is 2.49. The summed E-state index contributed by atoms with van der Waals surface area (Å²) in [5.74, 6) is 0.317. The number of hydrogen-bond donors (Lipinski definition) is 1. The summed E-state index contributed by atoms with van der Waals surface area (Å²) >= 11 is 0. The van der Waals surface area contributed by atoms with Gasteiger partial charge in [-0.3, -0.25) is 0 Å². The summed E-state index contributed by atoms with van der Waals surface area (Å²) in [4.78, 5) is 0. The first-order valence-electron chi connectivity index (χ1n) is 6.83. The van der Waals surface area contributed by atoms with Gasteiger partial charge < -0.3 is 5.11 Å². The molecule has 1 nitrogen and oxygen atoms in total. The molecule has 0 bridgehead atoms. The van der Waals surface area contributed by atoms with Crippen LogP contribution >= 0.6 is 0 Å². The normalized spacial score (nSPS) is 12.1. The molecule has 2 aromatic carbocycles. The van der Waals surface area contributed by atoms with Gasteiger partial charge in [0.15, 0.2) is 0 Å². The Morgan fingerprint density at radius 2 is 1.21 bits per heavy atom. The Morgan fingerprint density at radius 3 is 1.68 bits per heavy atom. The van der Waals surface area contributed by atoms with Crippen LogP contribution in [0, 0.1) is 0 Å². The van der Waals surface area contributed by atoms with E-state index in [2.05, 4.69) is 38.1 Å². The van der Waals surface area contributed by atoms with E-state index in [0.717, 1.165) is 12.8 Å². The van der Waals surface area contributed by atoms with Crippen LogP contribution in [0.3, 0.4) is 0 Å². The van der Waals surface area contributed by atoms with Crippen LogP contribution in [0.2, 0.25) is 0 Å². The van der Waals surface area contributed by atoms with Gasteiger partial charge >= 0.3 is 0 Å². The average Bonchev–Trinajstić information content (AvgIpc) is 2.47. The molecular weight excluding hydrogens is 232 g/mol. The monoisotopic (exact) mass is 252 g/mol. The van der Waals surface area contributed by atoms with E-state index in [1.807, 2.05) is 18.2 Å². The molecule has 0 aromatic heterocycles. The van der Waals surface area contributed by atoms with Crippen LogP contribution in [0.4, 0.5) is 0 Å². The Hall–Kier alpha value is -2.02. The third kappa shape index (κ3) is 3.05. The molecule has 0 saturated heterocycles. The van der Waals surface area contributed by atoms with Crippen LogP contribution in [0.5, 0.6) is 5.75 Å². The van der Waals surface area contributed by atoms with Crippen molar-refractivity contribution < 1.29 is 5.11 Å². The van der Waals surface area contributed by atoms with Crippen molar-refractivity contribution in [1.82, 2.24) is 0 Å². The average molecular weight is 252 g/mol. The molecule has 0 fully saturated rings. The van der Waals surface area contributed by atoms with Crippen LogP contribution in [0.25, 0.3) is 11.1 Å². The topological polar surface area (TPSA) is 20.2 Å². The van der Waals surface area contributed by atoms with Gasteiger partial charge in [0, 0.05) is 0 Å². The maximum atomic E-state index is 9.41. The Labute approximate surface area is 115 Å². The first-order valence-corrected chi connectivity index (χ1v) is 6.83. The van der Waals surface area contributed by atoms with E-state index < -0.39 is 0 Å². The minimum absolute atomic E-state index is 0.317. The Kier molecular flexibility index (Phi) is 4.40. The fourth-order valence-corrected chi connectivity index (χ4v) is 2.49. The van der Waals surface area contributed by atoms with Gasteiger partial charge in [-0.1, -0.05) is 56.3 Å². The molecule has 0 aliphatic heterocycles. The van der Waals surface area contributed by atoms with Crippen molar-refractivity contribution in [2.75, 3.05) is 0 Å². The lowest BCUT2D eigenvalue weighted by Gasteiger charge is -2.14. The molecule has 1 heteroatoms. The molecule has 0 aliphatic rings. The first-order chi connectivity index (χ1) is 9.26. The SMILES string of the molecule is CC/C(=C(/CC)c1ccc(O)cc1)c1ccccc1. The molecule has 0 aliphatic carbocycles. The van der Waals surface area contributed by atoms with Crippen molar-refractivity contribution in [3.8, 4) is 5.75 Å². The lowest BCUT2D eigenvalue weighted by molar-refractivity contribution is 0.475. The number of phenols is 1. The molecule has 2 rings (SSSR count). The molecule has 0 saturated carbocycles. The zero-order valence-corrected chi connectivity index (χ0v) is 11.6. The summed E-state index contributed by atoms with van der Waals surface area (Å²) in [6.07, 6.45) is 2.00. The van der Waals surface area contributed by atoms with E-state index in [4.69, 9.17) is 0 Å².